The molecular weight excluding hydrogens is 410 g/mol. The number of fused-ring (bicyclic) bond motifs is 2. The molecule has 2 aromatic heterocycles. The number of carbonyl (C=O) groups excluding carboxylic acids is 1. The topological polar surface area (TPSA) is 95.3 Å². The predicted octanol–water partition coefficient (Wildman–Crippen LogP) is 3.54. The fraction of sp³-hybridized carbons (Fsp3) is 0.625. The molecule has 2 heterocycles. The molecule has 5 atom stereocenters. The van der Waals surface area contributed by atoms with Gasteiger partial charge in [0.25, 0.3) is 0 Å². The summed E-state index contributed by atoms with van der Waals surface area (Å²) in [6, 6.07) is 3.99. The summed E-state index contributed by atoms with van der Waals surface area (Å²) >= 11 is 1.65. The molecule has 2 aromatic rings. The molecule has 0 saturated heterocycles. The van der Waals surface area contributed by atoms with Gasteiger partial charge in [-0.15, -0.1) is 11.3 Å². The lowest BCUT2D eigenvalue weighted by Gasteiger charge is -2.58. The minimum Gasteiger partial charge on any atom is -0.396 e. The van der Waals surface area contributed by atoms with E-state index in [0.717, 1.165) is 34.0 Å². The summed E-state index contributed by atoms with van der Waals surface area (Å²) in [5, 5.41) is 25.1. The molecule has 3 N–H and O–H groups in total. The van der Waals surface area contributed by atoms with Gasteiger partial charge in [-0.2, -0.15) is 0 Å². The molecule has 0 bridgehead atoms. The zero-order chi connectivity index (χ0) is 22.4. The van der Waals surface area contributed by atoms with Crippen LogP contribution in [0.2, 0.25) is 0 Å². The number of nitrogens with one attached hydrogen (secondary N) is 1. The number of rotatable bonds is 5. The number of nitrogens with zero attached hydrogens (tertiary/aromatic N) is 2. The number of pyridine rings is 1. The molecule has 168 valence electrons. The number of hydrogen-bond donors (Lipinski definition) is 3. The van der Waals surface area contributed by atoms with Crippen LogP contribution in [0.15, 0.2) is 24.5 Å². The van der Waals surface area contributed by atoms with Crippen LogP contribution >= 0.6 is 11.3 Å². The van der Waals surface area contributed by atoms with E-state index in [-0.39, 0.29) is 35.8 Å². The summed E-state index contributed by atoms with van der Waals surface area (Å²) in [5.41, 5.74) is 1.16. The van der Waals surface area contributed by atoms with Crippen LogP contribution in [0.25, 0.3) is 10.6 Å². The van der Waals surface area contributed by atoms with E-state index in [2.05, 4.69) is 17.2 Å². The Hall–Kier alpha value is -1.83. The molecule has 2 aliphatic rings. The number of amides is 1. The van der Waals surface area contributed by atoms with Crippen molar-refractivity contribution in [2.24, 2.45) is 16.7 Å². The van der Waals surface area contributed by atoms with Crippen molar-refractivity contribution in [3.63, 3.8) is 0 Å². The van der Waals surface area contributed by atoms with Crippen molar-refractivity contribution in [1.29, 1.82) is 0 Å². The Morgan fingerprint density at radius 1 is 1.39 bits per heavy atom. The first kappa shape index (κ1) is 22.4. The zero-order valence-electron chi connectivity index (χ0n) is 18.8. The monoisotopic (exact) mass is 443 g/mol. The van der Waals surface area contributed by atoms with Gasteiger partial charge in [0, 0.05) is 46.6 Å². The maximum Gasteiger partial charge on any atom is 0.220 e. The SMILES string of the molecule is CC(C)NC(=O)C[C@H]1c2nc(-c3cccnc3)sc2C[C@H]2[C@](C)(CO)[C@H](O)CC[C@]21C. The summed E-state index contributed by atoms with van der Waals surface area (Å²) in [6.45, 7) is 8.11. The summed E-state index contributed by atoms with van der Waals surface area (Å²) in [4.78, 5) is 23.3. The summed E-state index contributed by atoms with van der Waals surface area (Å²) in [5.74, 6) is 0.0425. The quantitative estimate of drug-likeness (QED) is 0.657. The van der Waals surface area contributed by atoms with E-state index in [9.17, 15) is 15.0 Å². The second-order valence-electron chi connectivity index (χ2n) is 10.0. The first-order valence-corrected chi connectivity index (χ1v) is 12.0. The average Bonchev–Trinajstić information content (AvgIpc) is 3.16. The van der Waals surface area contributed by atoms with Gasteiger partial charge in [-0.05, 0) is 56.6 Å². The number of thiazole rings is 1. The van der Waals surface area contributed by atoms with Crippen molar-refractivity contribution < 1.29 is 15.0 Å². The average molecular weight is 444 g/mol. The smallest absolute Gasteiger partial charge is 0.220 e. The molecule has 31 heavy (non-hydrogen) atoms. The number of aliphatic hydroxyl groups excluding tert-OH is 2. The van der Waals surface area contributed by atoms with E-state index in [1.807, 2.05) is 39.1 Å². The first-order valence-electron chi connectivity index (χ1n) is 11.2. The Bertz CT molecular complexity index is 947. The highest BCUT2D eigenvalue weighted by Crippen LogP contribution is 2.62. The molecule has 4 rings (SSSR count). The highest BCUT2D eigenvalue weighted by atomic mass is 32.1. The highest BCUT2D eigenvalue weighted by molar-refractivity contribution is 7.15. The predicted molar refractivity (Wildman–Crippen MR) is 122 cm³/mol. The maximum absolute atomic E-state index is 12.9. The van der Waals surface area contributed by atoms with Crippen LogP contribution in [-0.2, 0) is 11.2 Å². The Morgan fingerprint density at radius 2 is 2.16 bits per heavy atom. The van der Waals surface area contributed by atoms with Crippen molar-refractivity contribution in [3.05, 3.63) is 35.1 Å². The first-order chi connectivity index (χ1) is 14.7. The fourth-order valence-electron chi connectivity index (χ4n) is 5.82. The fourth-order valence-corrected chi connectivity index (χ4v) is 6.98. The minimum absolute atomic E-state index is 0.0283. The Kier molecular flexibility index (Phi) is 5.96. The van der Waals surface area contributed by atoms with Crippen LogP contribution in [0.1, 0.15) is 63.4 Å². The molecular formula is C24H33N3O3S. The van der Waals surface area contributed by atoms with Crippen molar-refractivity contribution in [1.82, 2.24) is 15.3 Å². The van der Waals surface area contributed by atoms with Gasteiger partial charge in [0.1, 0.15) is 5.01 Å². The van der Waals surface area contributed by atoms with Crippen LogP contribution in [0.4, 0.5) is 0 Å². The molecule has 1 saturated carbocycles. The van der Waals surface area contributed by atoms with Crippen molar-refractivity contribution in [3.8, 4) is 10.6 Å². The third kappa shape index (κ3) is 3.81. The molecule has 7 heteroatoms. The van der Waals surface area contributed by atoms with Gasteiger partial charge < -0.3 is 15.5 Å². The van der Waals surface area contributed by atoms with Gasteiger partial charge in [-0.3, -0.25) is 9.78 Å². The minimum atomic E-state index is -0.601. The molecule has 6 nitrogen and oxygen atoms in total. The van der Waals surface area contributed by atoms with Crippen LogP contribution in [0.5, 0.6) is 0 Å². The normalized spacial score (nSPS) is 32.4. The Labute approximate surface area is 188 Å². The summed E-state index contributed by atoms with van der Waals surface area (Å²) in [6.07, 6.45) is 5.59. The van der Waals surface area contributed by atoms with Gasteiger partial charge in [0.15, 0.2) is 0 Å². The molecule has 1 fully saturated rings. The lowest BCUT2D eigenvalue weighted by Crippen LogP contribution is -2.57. The van der Waals surface area contributed by atoms with E-state index in [4.69, 9.17) is 4.98 Å². The van der Waals surface area contributed by atoms with Crippen molar-refractivity contribution >= 4 is 17.2 Å². The molecule has 2 aliphatic carbocycles. The lowest BCUT2D eigenvalue weighted by molar-refractivity contribution is -0.144. The number of aliphatic hydroxyl groups is 2. The second kappa shape index (κ2) is 8.26. The summed E-state index contributed by atoms with van der Waals surface area (Å²) in [7, 11) is 0. The maximum atomic E-state index is 12.9. The Balaban J connectivity index is 1.80. The van der Waals surface area contributed by atoms with Gasteiger partial charge >= 0.3 is 0 Å². The van der Waals surface area contributed by atoms with Gasteiger partial charge in [0.05, 0.1) is 18.4 Å². The standard InChI is InChI=1S/C24H33N3O3S/c1-14(2)26-20(30)10-16-21-17(31-22(27-21)15-6-5-9-25-12-15)11-18-23(16,3)8-7-19(29)24(18,4)13-28/h5-6,9,12,14,16,18-19,28-29H,7-8,10-11,13H2,1-4H3,(H,26,30)/t16-,18+,19+,23-,24-/m0/s1. The van der Waals surface area contributed by atoms with Crippen LogP contribution in [0, 0.1) is 16.7 Å². The second-order valence-corrected chi connectivity index (χ2v) is 11.1. The number of hydrogen-bond acceptors (Lipinski definition) is 6. The molecule has 0 radical (unpaired) electrons. The van der Waals surface area contributed by atoms with Crippen LogP contribution in [-0.4, -0.2) is 44.8 Å². The zero-order valence-corrected chi connectivity index (χ0v) is 19.6. The van der Waals surface area contributed by atoms with Gasteiger partial charge in [-0.1, -0.05) is 13.8 Å². The summed E-state index contributed by atoms with van der Waals surface area (Å²) < 4.78 is 0. The van der Waals surface area contributed by atoms with Gasteiger partial charge in [-0.25, -0.2) is 4.98 Å². The molecule has 0 aromatic carbocycles. The molecule has 0 unspecified atom stereocenters. The van der Waals surface area contributed by atoms with E-state index in [0.29, 0.717) is 12.8 Å². The van der Waals surface area contributed by atoms with E-state index < -0.39 is 11.5 Å². The third-order valence-electron chi connectivity index (χ3n) is 7.64. The van der Waals surface area contributed by atoms with E-state index in [1.54, 1.807) is 17.5 Å². The number of aromatic nitrogens is 2. The molecule has 1 amide bonds. The molecule has 0 aliphatic heterocycles. The Morgan fingerprint density at radius 3 is 2.81 bits per heavy atom. The van der Waals surface area contributed by atoms with Crippen molar-refractivity contribution in [2.45, 2.75) is 71.4 Å². The highest BCUT2D eigenvalue weighted by Gasteiger charge is 2.59. The third-order valence-corrected chi connectivity index (χ3v) is 8.78. The largest absolute Gasteiger partial charge is 0.396 e. The van der Waals surface area contributed by atoms with E-state index in [1.165, 1.54) is 0 Å². The van der Waals surface area contributed by atoms with Crippen molar-refractivity contribution in [2.75, 3.05) is 6.61 Å². The van der Waals surface area contributed by atoms with Crippen LogP contribution < -0.4 is 5.32 Å². The van der Waals surface area contributed by atoms with Crippen LogP contribution in [0.3, 0.4) is 0 Å². The lowest BCUT2D eigenvalue weighted by atomic mass is 9.47. The molecule has 0 spiro atoms. The van der Waals surface area contributed by atoms with Gasteiger partial charge in [0.2, 0.25) is 5.91 Å². The van der Waals surface area contributed by atoms with E-state index >= 15 is 0 Å². The number of carbonyl (C=O) groups is 1.